The zero-order valence-corrected chi connectivity index (χ0v) is 20.4. The average Bonchev–Trinajstić information content (AvgIpc) is 2.77. The molecule has 2 heterocycles. The molecule has 0 radical (unpaired) electrons. The number of pyridine rings is 2. The maximum atomic E-state index is 8.70. The molecule has 164 valence electrons. The summed E-state index contributed by atoms with van der Waals surface area (Å²) in [5.41, 5.74) is 7.52. The highest BCUT2D eigenvalue weighted by molar-refractivity contribution is 9.10. The highest BCUT2D eigenvalue weighted by Crippen LogP contribution is 2.20. The predicted molar refractivity (Wildman–Crippen MR) is 137 cm³/mol. The van der Waals surface area contributed by atoms with Gasteiger partial charge in [-0.15, -0.1) is 0 Å². The van der Waals surface area contributed by atoms with Crippen molar-refractivity contribution in [2.75, 3.05) is 0 Å². The van der Waals surface area contributed by atoms with Crippen LogP contribution in [0.15, 0.2) is 89.8 Å². The molecule has 0 fully saturated rings. The van der Waals surface area contributed by atoms with Crippen LogP contribution in [0, 0.1) is 27.7 Å². The number of aryl methyl sites for hydroxylation is 4. The number of hydrogen-bond donors (Lipinski definition) is 2. The Hall–Kier alpha value is -2.80. The molecule has 0 saturated heterocycles. The van der Waals surface area contributed by atoms with Crippen LogP contribution in [0.5, 0.6) is 0 Å². The molecule has 32 heavy (non-hydrogen) atoms. The van der Waals surface area contributed by atoms with E-state index in [2.05, 4.69) is 70.1 Å². The Labute approximate surface area is 199 Å². The SMILES string of the molecule is Cc1cccc(-c2ncccc2C)c1.Cc1cccc(B(O)O)c1.Cc1cccnc1Br. The van der Waals surface area contributed by atoms with Crippen molar-refractivity contribution in [3.8, 4) is 11.3 Å². The molecule has 0 aliphatic rings. The van der Waals surface area contributed by atoms with Crippen LogP contribution in [0.25, 0.3) is 11.3 Å². The van der Waals surface area contributed by atoms with Crippen LogP contribution in [0.4, 0.5) is 0 Å². The minimum absolute atomic E-state index is 0.542. The maximum absolute atomic E-state index is 8.70. The molecule has 0 aliphatic carbocycles. The summed E-state index contributed by atoms with van der Waals surface area (Å²) in [4.78, 5) is 8.38. The first-order valence-corrected chi connectivity index (χ1v) is 11.1. The summed E-state index contributed by atoms with van der Waals surface area (Å²) in [5, 5.41) is 17.4. The molecule has 0 unspecified atom stereocenters. The van der Waals surface area contributed by atoms with Gasteiger partial charge in [0.1, 0.15) is 4.60 Å². The van der Waals surface area contributed by atoms with E-state index in [1.54, 1.807) is 24.4 Å². The van der Waals surface area contributed by atoms with Gasteiger partial charge in [0.2, 0.25) is 0 Å². The van der Waals surface area contributed by atoms with Gasteiger partial charge in [0, 0.05) is 18.0 Å². The van der Waals surface area contributed by atoms with E-state index in [1.807, 2.05) is 44.3 Å². The lowest BCUT2D eigenvalue weighted by Gasteiger charge is -2.04. The van der Waals surface area contributed by atoms with Crippen molar-refractivity contribution in [3.05, 3.63) is 112 Å². The number of hydrogen-bond acceptors (Lipinski definition) is 4. The van der Waals surface area contributed by atoms with Gasteiger partial charge in [-0.25, -0.2) is 4.98 Å². The normalized spacial score (nSPS) is 9.72. The monoisotopic (exact) mass is 490 g/mol. The van der Waals surface area contributed by atoms with Gasteiger partial charge in [-0.3, -0.25) is 4.98 Å². The van der Waals surface area contributed by atoms with Crippen LogP contribution in [-0.4, -0.2) is 27.1 Å². The van der Waals surface area contributed by atoms with E-state index in [1.165, 1.54) is 22.3 Å². The number of nitrogens with zero attached hydrogens (tertiary/aromatic N) is 2. The third-order valence-electron chi connectivity index (χ3n) is 4.59. The molecule has 4 rings (SSSR count). The molecule has 0 amide bonds. The molecule has 2 aromatic carbocycles. The smallest absolute Gasteiger partial charge is 0.423 e. The second-order valence-electron chi connectivity index (χ2n) is 7.44. The average molecular weight is 491 g/mol. The van der Waals surface area contributed by atoms with Crippen molar-refractivity contribution in [2.24, 2.45) is 0 Å². The van der Waals surface area contributed by atoms with Gasteiger partial charge in [0.25, 0.3) is 0 Å². The van der Waals surface area contributed by atoms with Crippen molar-refractivity contribution in [2.45, 2.75) is 27.7 Å². The first-order chi connectivity index (χ1) is 15.3. The zero-order chi connectivity index (χ0) is 23.5. The van der Waals surface area contributed by atoms with Gasteiger partial charge < -0.3 is 10.0 Å². The minimum Gasteiger partial charge on any atom is -0.423 e. The summed E-state index contributed by atoms with van der Waals surface area (Å²) in [5.74, 6) is 0. The van der Waals surface area contributed by atoms with Crippen LogP contribution >= 0.6 is 15.9 Å². The van der Waals surface area contributed by atoms with Crippen LogP contribution in [0.2, 0.25) is 0 Å². The lowest BCUT2D eigenvalue weighted by atomic mass is 9.80. The molecular weight excluding hydrogens is 463 g/mol. The van der Waals surface area contributed by atoms with Gasteiger partial charge in [-0.2, -0.15) is 0 Å². The highest BCUT2D eigenvalue weighted by Gasteiger charge is 2.08. The molecule has 2 aromatic heterocycles. The molecule has 0 aliphatic heterocycles. The zero-order valence-electron chi connectivity index (χ0n) is 18.8. The summed E-state index contributed by atoms with van der Waals surface area (Å²) < 4.78 is 0.931. The Morgan fingerprint density at radius 2 is 1.28 bits per heavy atom. The molecular formula is C26H28BBrN2O2. The number of halogens is 1. The van der Waals surface area contributed by atoms with E-state index in [9.17, 15) is 0 Å². The van der Waals surface area contributed by atoms with Crippen molar-refractivity contribution >= 4 is 28.5 Å². The summed E-state index contributed by atoms with van der Waals surface area (Å²) in [6, 6.07) is 23.5. The Morgan fingerprint density at radius 3 is 1.75 bits per heavy atom. The van der Waals surface area contributed by atoms with E-state index >= 15 is 0 Å². The molecule has 0 saturated carbocycles. The number of rotatable bonds is 2. The largest absolute Gasteiger partial charge is 0.488 e. The Kier molecular flexibility index (Phi) is 10.3. The minimum atomic E-state index is -1.35. The topological polar surface area (TPSA) is 66.2 Å². The molecule has 0 spiro atoms. The standard InChI is InChI=1S/C13H13N.C7H9BO2.C6H6BrN/c1-10-5-3-7-12(9-10)13-11(2)6-4-8-14-13;1-6-3-2-4-7(5-6)8(9)10;1-5-3-2-4-8-6(5)7/h3-9H,1-2H3;2-5,9-10H,1H3;2-4H,1H3. The third-order valence-corrected chi connectivity index (χ3v) is 5.42. The Morgan fingerprint density at radius 1 is 0.688 bits per heavy atom. The lowest BCUT2D eigenvalue weighted by molar-refractivity contribution is 0.425. The quantitative estimate of drug-likeness (QED) is 0.299. The van der Waals surface area contributed by atoms with Crippen molar-refractivity contribution < 1.29 is 10.0 Å². The van der Waals surface area contributed by atoms with E-state index in [-0.39, 0.29) is 0 Å². The molecule has 0 atom stereocenters. The fourth-order valence-electron chi connectivity index (χ4n) is 2.88. The molecule has 4 nitrogen and oxygen atoms in total. The molecule has 0 bridgehead atoms. The summed E-state index contributed by atoms with van der Waals surface area (Å²) in [6.07, 6.45) is 3.60. The van der Waals surface area contributed by atoms with Crippen molar-refractivity contribution in [3.63, 3.8) is 0 Å². The highest BCUT2D eigenvalue weighted by atomic mass is 79.9. The van der Waals surface area contributed by atoms with E-state index in [0.717, 1.165) is 15.9 Å². The van der Waals surface area contributed by atoms with Gasteiger partial charge >= 0.3 is 7.12 Å². The second-order valence-corrected chi connectivity index (χ2v) is 8.19. The number of aromatic nitrogens is 2. The van der Waals surface area contributed by atoms with E-state index < -0.39 is 7.12 Å². The van der Waals surface area contributed by atoms with Crippen molar-refractivity contribution in [1.82, 2.24) is 9.97 Å². The van der Waals surface area contributed by atoms with Crippen LogP contribution < -0.4 is 5.46 Å². The van der Waals surface area contributed by atoms with Gasteiger partial charge in [0.15, 0.2) is 0 Å². The number of benzene rings is 2. The molecule has 2 N–H and O–H groups in total. The lowest BCUT2D eigenvalue weighted by Crippen LogP contribution is -2.29. The summed E-state index contributed by atoms with van der Waals surface area (Å²) in [6.45, 7) is 8.11. The van der Waals surface area contributed by atoms with Crippen LogP contribution in [0.1, 0.15) is 22.3 Å². The third kappa shape index (κ3) is 8.38. The first kappa shape index (κ1) is 25.5. The van der Waals surface area contributed by atoms with Gasteiger partial charge in [-0.1, -0.05) is 65.7 Å². The predicted octanol–water partition coefficient (Wildman–Crippen LogP) is 5.19. The maximum Gasteiger partial charge on any atom is 0.488 e. The Balaban J connectivity index is 0.000000178. The molecule has 6 heteroatoms. The fraction of sp³-hybridized carbons (Fsp3) is 0.154. The Bertz CT molecular complexity index is 1110. The van der Waals surface area contributed by atoms with Crippen LogP contribution in [0.3, 0.4) is 0 Å². The van der Waals surface area contributed by atoms with E-state index in [0.29, 0.717) is 5.46 Å². The summed E-state index contributed by atoms with van der Waals surface area (Å²) >= 11 is 3.28. The molecule has 4 aromatic rings. The van der Waals surface area contributed by atoms with Crippen molar-refractivity contribution in [1.29, 1.82) is 0 Å². The van der Waals surface area contributed by atoms with E-state index in [4.69, 9.17) is 10.0 Å². The van der Waals surface area contributed by atoms with Gasteiger partial charge in [0.05, 0.1) is 5.69 Å². The second kappa shape index (κ2) is 12.9. The van der Waals surface area contributed by atoms with Gasteiger partial charge in [-0.05, 0) is 78.4 Å². The van der Waals surface area contributed by atoms with Crippen LogP contribution in [-0.2, 0) is 0 Å². The fourth-order valence-corrected chi connectivity index (χ4v) is 3.13. The first-order valence-electron chi connectivity index (χ1n) is 10.3. The summed E-state index contributed by atoms with van der Waals surface area (Å²) in [7, 11) is -1.35.